The van der Waals surface area contributed by atoms with Gasteiger partial charge in [-0.2, -0.15) is 0 Å². The van der Waals surface area contributed by atoms with Gasteiger partial charge in [0.15, 0.2) is 0 Å². The Labute approximate surface area is 115 Å². The molecule has 100 valence electrons. The molecule has 2 rings (SSSR count). The normalized spacial score (nSPS) is 12.4. The first-order valence-electron chi connectivity index (χ1n) is 5.82. The quantitative estimate of drug-likeness (QED) is 0.928. The molecular formula is C14H13ClF2N2. The van der Waals surface area contributed by atoms with Gasteiger partial charge in [0.05, 0.1) is 5.02 Å². The Kier molecular flexibility index (Phi) is 4.45. The van der Waals surface area contributed by atoms with E-state index in [1.807, 2.05) is 0 Å². The minimum absolute atomic E-state index is 0.128. The van der Waals surface area contributed by atoms with E-state index in [0.717, 1.165) is 11.6 Å². The van der Waals surface area contributed by atoms with Crippen LogP contribution in [0.15, 0.2) is 36.7 Å². The maximum atomic E-state index is 13.2. The molecule has 0 amide bonds. The number of likely N-dealkylation sites (N-methyl/N-ethyl adjacent to an activating group) is 1. The van der Waals surface area contributed by atoms with Crippen molar-refractivity contribution in [1.82, 2.24) is 10.3 Å². The molecule has 0 radical (unpaired) electrons. The van der Waals surface area contributed by atoms with Gasteiger partial charge in [-0.15, -0.1) is 0 Å². The number of aromatic nitrogens is 1. The number of nitrogens with one attached hydrogen (secondary N) is 1. The Hall–Kier alpha value is -1.52. The molecule has 0 spiro atoms. The number of halogens is 3. The summed E-state index contributed by atoms with van der Waals surface area (Å²) in [5.74, 6) is -1.16. The van der Waals surface area contributed by atoms with Crippen molar-refractivity contribution in [2.45, 2.75) is 12.5 Å². The summed E-state index contributed by atoms with van der Waals surface area (Å²) >= 11 is 6.08. The lowest BCUT2D eigenvalue weighted by Gasteiger charge is -2.18. The molecule has 5 heteroatoms. The van der Waals surface area contributed by atoms with Crippen LogP contribution in [-0.2, 0) is 6.42 Å². The summed E-state index contributed by atoms with van der Waals surface area (Å²) < 4.78 is 26.3. The molecule has 1 atom stereocenters. The molecule has 0 aliphatic heterocycles. The van der Waals surface area contributed by atoms with Gasteiger partial charge in [-0.3, -0.25) is 4.98 Å². The topological polar surface area (TPSA) is 24.9 Å². The molecule has 1 heterocycles. The summed E-state index contributed by atoms with van der Waals surface area (Å²) in [4.78, 5) is 3.92. The van der Waals surface area contributed by atoms with Gasteiger partial charge in [-0.25, -0.2) is 8.78 Å². The van der Waals surface area contributed by atoms with Crippen molar-refractivity contribution in [1.29, 1.82) is 0 Å². The van der Waals surface area contributed by atoms with Crippen molar-refractivity contribution in [3.8, 4) is 0 Å². The highest BCUT2D eigenvalue weighted by atomic mass is 35.5. The van der Waals surface area contributed by atoms with Crippen molar-refractivity contribution >= 4 is 11.6 Å². The molecule has 1 unspecified atom stereocenters. The van der Waals surface area contributed by atoms with E-state index in [9.17, 15) is 8.78 Å². The molecular weight excluding hydrogens is 270 g/mol. The lowest BCUT2D eigenvalue weighted by atomic mass is 9.99. The Bertz CT molecular complexity index is 555. The van der Waals surface area contributed by atoms with Gasteiger partial charge in [0.1, 0.15) is 11.6 Å². The van der Waals surface area contributed by atoms with E-state index in [0.29, 0.717) is 17.0 Å². The second-order valence-electron chi connectivity index (χ2n) is 4.22. The summed E-state index contributed by atoms with van der Waals surface area (Å²) in [6, 6.07) is 5.17. The van der Waals surface area contributed by atoms with Crippen molar-refractivity contribution in [3.05, 3.63) is 64.4 Å². The SMILES string of the molecule is CNC(Cc1cc(F)cc(F)c1)c1ccncc1Cl. The molecule has 0 fully saturated rings. The second-order valence-corrected chi connectivity index (χ2v) is 4.63. The average molecular weight is 283 g/mol. The minimum Gasteiger partial charge on any atom is -0.313 e. The largest absolute Gasteiger partial charge is 0.313 e. The van der Waals surface area contributed by atoms with Gasteiger partial charge in [-0.1, -0.05) is 11.6 Å². The van der Waals surface area contributed by atoms with E-state index in [-0.39, 0.29) is 6.04 Å². The van der Waals surface area contributed by atoms with Crippen LogP contribution in [0.3, 0.4) is 0 Å². The van der Waals surface area contributed by atoms with Crippen LogP contribution in [0.1, 0.15) is 17.2 Å². The van der Waals surface area contributed by atoms with E-state index < -0.39 is 11.6 Å². The first-order valence-corrected chi connectivity index (χ1v) is 6.19. The smallest absolute Gasteiger partial charge is 0.126 e. The summed E-state index contributed by atoms with van der Waals surface area (Å²) in [7, 11) is 1.77. The molecule has 1 aromatic carbocycles. The van der Waals surface area contributed by atoms with E-state index in [1.165, 1.54) is 12.1 Å². The molecule has 2 nitrogen and oxygen atoms in total. The van der Waals surface area contributed by atoms with E-state index >= 15 is 0 Å². The van der Waals surface area contributed by atoms with Crippen LogP contribution in [0.5, 0.6) is 0 Å². The van der Waals surface area contributed by atoms with Crippen molar-refractivity contribution in [2.75, 3.05) is 7.05 Å². The van der Waals surface area contributed by atoms with E-state index in [4.69, 9.17) is 11.6 Å². The predicted octanol–water partition coefficient (Wildman–Crippen LogP) is 3.52. The Morgan fingerprint density at radius 3 is 2.53 bits per heavy atom. The molecule has 0 aliphatic carbocycles. The number of hydrogen-bond acceptors (Lipinski definition) is 2. The molecule has 0 aliphatic rings. The highest BCUT2D eigenvalue weighted by molar-refractivity contribution is 6.31. The molecule has 1 aromatic heterocycles. The highest BCUT2D eigenvalue weighted by Crippen LogP contribution is 2.25. The van der Waals surface area contributed by atoms with Gasteiger partial charge in [0.2, 0.25) is 0 Å². The third-order valence-electron chi connectivity index (χ3n) is 2.89. The molecule has 2 aromatic rings. The number of rotatable bonds is 4. The van der Waals surface area contributed by atoms with Crippen LogP contribution in [0.25, 0.3) is 0 Å². The lowest BCUT2D eigenvalue weighted by molar-refractivity contribution is 0.562. The maximum Gasteiger partial charge on any atom is 0.126 e. The Morgan fingerprint density at radius 2 is 1.95 bits per heavy atom. The number of pyridine rings is 1. The lowest BCUT2D eigenvalue weighted by Crippen LogP contribution is -2.19. The average Bonchev–Trinajstić information content (AvgIpc) is 2.36. The highest BCUT2D eigenvalue weighted by Gasteiger charge is 2.14. The van der Waals surface area contributed by atoms with Crippen LogP contribution >= 0.6 is 11.6 Å². The van der Waals surface area contributed by atoms with Crippen LogP contribution in [0.4, 0.5) is 8.78 Å². The first-order chi connectivity index (χ1) is 9.10. The molecule has 1 N–H and O–H groups in total. The van der Waals surface area contributed by atoms with Gasteiger partial charge < -0.3 is 5.32 Å². The molecule has 0 bridgehead atoms. The summed E-state index contributed by atoms with van der Waals surface area (Å²) in [6.07, 6.45) is 3.63. The van der Waals surface area contributed by atoms with Gasteiger partial charge in [0.25, 0.3) is 0 Å². The third-order valence-corrected chi connectivity index (χ3v) is 3.21. The first kappa shape index (κ1) is 13.9. The number of nitrogens with zero attached hydrogens (tertiary/aromatic N) is 1. The summed E-state index contributed by atoms with van der Waals surface area (Å²) in [5.41, 5.74) is 1.42. The number of benzene rings is 1. The molecule has 19 heavy (non-hydrogen) atoms. The van der Waals surface area contributed by atoms with Gasteiger partial charge >= 0.3 is 0 Å². The zero-order chi connectivity index (χ0) is 13.8. The Balaban J connectivity index is 2.26. The fourth-order valence-electron chi connectivity index (χ4n) is 2.00. The van der Waals surface area contributed by atoms with Crippen LogP contribution in [0, 0.1) is 11.6 Å². The Morgan fingerprint density at radius 1 is 1.26 bits per heavy atom. The zero-order valence-corrected chi connectivity index (χ0v) is 11.1. The van der Waals surface area contributed by atoms with Crippen LogP contribution in [0.2, 0.25) is 5.02 Å². The predicted molar refractivity (Wildman–Crippen MR) is 71.1 cm³/mol. The van der Waals surface area contributed by atoms with Gasteiger partial charge in [0, 0.05) is 24.5 Å². The van der Waals surface area contributed by atoms with Crippen molar-refractivity contribution in [3.63, 3.8) is 0 Å². The van der Waals surface area contributed by atoms with Gasteiger partial charge in [-0.05, 0) is 42.8 Å². The monoisotopic (exact) mass is 282 g/mol. The fraction of sp³-hybridized carbons (Fsp3) is 0.214. The number of hydrogen-bond donors (Lipinski definition) is 1. The maximum absolute atomic E-state index is 13.2. The van der Waals surface area contributed by atoms with Crippen molar-refractivity contribution in [2.24, 2.45) is 0 Å². The summed E-state index contributed by atoms with van der Waals surface area (Å²) in [6.45, 7) is 0. The zero-order valence-electron chi connectivity index (χ0n) is 10.3. The van der Waals surface area contributed by atoms with Crippen molar-refractivity contribution < 1.29 is 8.78 Å². The second kappa shape index (κ2) is 6.08. The summed E-state index contributed by atoms with van der Waals surface area (Å²) in [5, 5.41) is 3.62. The molecule has 0 saturated carbocycles. The standard InChI is InChI=1S/C14H13ClF2N2/c1-18-14(12-2-3-19-8-13(12)15)6-9-4-10(16)7-11(17)5-9/h2-5,7-8,14,18H,6H2,1H3. The van der Waals surface area contributed by atoms with Crippen LogP contribution < -0.4 is 5.32 Å². The van der Waals surface area contributed by atoms with E-state index in [1.54, 1.807) is 25.5 Å². The van der Waals surface area contributed by atoms with Crippen LogP contribution in [-0.4, -0.2) is 12.0 Å². The fourth-order valence-corrected chi connectivity index (χ4v) is 2.25. The third kappa shape index (κ3) is 3.49. The molecule has 0 saturated heterocycles. The van der Waals surface area contributed by atoms with E-state index in [2.05, 4.69) is 10.3 Å². The minimum atomic E-state index is -0.578.